The Morgan fingerprint density at radius 2 is 2.00 bits per heavy atom. The van der Waals surface area contributed by atoms with E-state index >= 15 is 0 Å². The first kappa shape index (κ1) is 18.9. The van der Waals surface area contributed by atoms with Crippen molar-refractivity contribution in [3.8, 4) is 0 Å². The summed E-state index contributed by atoms with van der Waals surface area (Å²) in [4.78, 5) is 28.7. The van der Waals surface area contributed by atoms with E-state index in [1.807, 2.05) is 36.1 Å². The number of thioether (sulfide) groups is 1. The Morgan fingerprint density at radius 1 is 1.27 bits per heavy atom. The van der Waals surface area contributed by atoms with Crippen molar-refractivity contribution in [2.45, 2.75) is 37.5 Å². The van der Waals surface area contributed by atoms with Gasteiger partial charge in [0.1, 0.15) is 0 Å². The Labute approximate surface area is 156 Å². The Hall–Kier alpha value is -1.87. The molecule has 1 aromatic carbocycles. The number of carbonyl (C=O) groups excluding carboxylic acids is 1. The maximum atomic E-state index is 12.1. The summed E-state index contributed by atoms with van der Waals surface area (Å²) in [7, 11) is -3.12. The molecule has 2 aliphatic rings. The molecule has 0 aliphatic carbocycles. The lowest BCUT2D eigenvalue weighted by molar-refractivity contribution is -0.138. The first-order valence-electron chi connectivity index (χ1n) is 8.38. The second-order valence-electron chi connectivity index (χ2n) is 6.33. The molecule has 2 unspecified atom stereocenters. The van der Waals surface area contributed by atoms with Gasteiger partial charge in [0.25, 0.3) is 0 Å². The fourth-order valence-corrected chi connectivity index (χ4v) is 7.19. The van der Waals surface area contributed by atoms with Crippen molar-refractivity contribution in [2.75, 3.05) is 16.4 Å². The van der Waals surface area contributed by atoms with E-state index in [0.29, 0.717) is 5.17 Å². The smallest absolute Gasteiger partial charge is 0.303 e. The van der Waals surface area contributed by atoms with Gasteiger partial charge in [-0.05, 0) is 18.1 Å². The lowest BCUT2D eigenvalue weighted by atomic mass is 10.1. The van der Waals surface area contributed by atoms with Crippen LogP contribution in [-0.4, -0.2) is 53.4 Å². The number of rotatable bonds is 5. The number of carbonyl (C=O) groups is 2. The number of aliphatic imine (C=N–C) groups is 1. The molecule has 26 heavy (non-hydrogen) atoms. The monoisotopic (exact) mass is 396 g/mol. The lowest BCUT2D eigenvalue weighted by Gasteiger charge is -2.26. The van der Waals surface area contributed by atoms with Crippen molar-refractivity contribution in [1.29, 1.82) is 0 Å². The molecule has 1 N–H and O–H groups in total. The number of amides is 1. The van der Waals surface area contributed by atoms with Crippen LogP contribution in [-0.2, 0) is 25.8 Å². The molecule has 0 bridgehead atoms. The molecular weight excluding hydrogens is 376 g/mol. The van der Waals surface area contributed by atoms with Gasteiger partial charge in [0, 0.05) is 17.4 Å². The summed E-state index contributed by atoms with van der Waals surface area (Å²) >= 11 is 1.30. The van der Waals surface area contributed by atoms with Gasteiger partial charge in [-0.25, -0.2) is 8.42 Å². The second kappa shape index (κ2) is 7.40. The van der Waals surface area contributed by atoms with Gasteiger partial charge in [0.2, 0.25) is 5.91 Å². The van der Waals surface area contributed by atoms with Crippen molar-refractivity contribution in [3.63, 3.8) is 0 Å². The highest BCUT2D eigenvalue weighted by Crippen LogP contribution is 2.42. The molecule has 0 radical (unpaired) electrons. The fraction of sp³-hybridized carbons (Fsp3) is 0.471. The quantitative estimate of drug-likeness (QED) is 0.808. The summed E-state index contributed by atoms with van der Waals surface area (Å²) in [6, 6.07) is 7.41. The molecule has 2 heterocycles. The first-order chi connectivity index (χ1) is 12.3. The molecule has 0 aromatic heterocycles. The number of carboxylic acids is 1. The van der Waals surface area contributed by atoms with Crippen LogP contribution in [0.15, 0.2) is 29.3 Å². The Kier molecular flexibility index (Phi) is 5.38. The number of carboxylic acid groups (broad SMARTS) is 1. The Bertz CT molecular complexity index is 866. The van der Waals surface area contributed by atoms with Gasteiger partial charge in [0.15, 0.2) is 15.0 Å². The highest BCUT2D eigenvalue weighted by molar-refractivity contribution is 8.16. The third kappa shape index (κ3) is 3.93. The van der Waals surface area contributed by atoms with E-state index in [4.69, 9.17) is 5.11 Å². The molecule has 2 fully saturated rings. The normalized spacial score (nSPS) is 25.4. The summed E-state index contributed by atoms with van der Waals surface area (Å²) in [5.74, 6) is -1.45. The van der Waals surface area contributed by atoms with Crippen LogP contribution >= 0.6 is 11.8 Å². The van der Waals surface area contributed by atoms with E-state index in [1.54, 1.807) is 0 Å². The van der Waals surface area contributed by atoms with Crippen LogP contribution in [0.2, 0.25) is 0 Å². The van der Waals surface area contributed by atoms with Crippen LogP contribution in [0.1, 0.15) is 25.3 Å². The van der Waals surface area contributed by atoms with Gasteiger partial charge in [-0.3, -0.25) is 9.59 Å². The Morgan fingerprint density at radius 3 is 2.69 bits per heavy atom. The average molecular weight is 396 g/mol. The molecule has 9 heteroatoms. The van der Waals surface area contributed by atoms with Crippen LogP contribution in [0.5, 0.6) is 0 Å². The van der Waals surface area contributed by atoms with Crippen LogP contribution < -0.4 is 4.90 Å². The summed E-state index contributed by atoms with van der Waals surface area (Å²) in [5.41, 5.74) is 1.90. The number of hydrogen-bond acceptors (Lipinski definition) is 5. The maximum absolute atomic E-state index is 12.1. The van der Waals surface area contributed by atoms with Gasteiger partial charge < -0.3 is 10.0 Å². The van der Waals surface area contributed by atoms with Crippen molar-refractivity contribution in [1.82, 2.24) is 0 Å². The zero-order valence-electron chi connectivity index (χ0n) is 14.3. The number of aryl methyl sites for hydroxylation is 1. The van der Waals surface area contributed by atoms with Crippen molar-refractivity contribution >= 4 is 44.3 Å². The summed E-state index contributed by atoms with van der Waals surface area (Å²) in [6.07, 6.45) is 0.324. The number of benzene rings is 1. The van der Waals surface area contributed by atoms with Crippen molar-refractivity contribution in [3.05, 3.63) is 29.8 Å². The van der Waals surface area contributed by atoms with E-state index in [2.05, 4.69) is 4.99 Å². The van der Waals surface area contributed by atoms with Gasteiger partial charge >= 0.3 is 5.97 Å². The number of hydrogen-bond donors (Lipinski definition) is 1. The van der Waals surface area contributed by atoms with Gasteiger partial charge in [-0.2, -0.15) is 4.99 Å². The van der Waals surface area contributed by atoms with Crippen molar-refractivity contribution < 1.29 is 23.1 Å². The second-order valence-corrected chi connectivity index (χ2v) is 9.69. The van der Waals surface area contributed by atoms with Crippen LogP contribution in [0, 0.1) is 0 Å². The van der Waals surface area contributed by atoms with Crippen LogP contribution in [0.3, 0.4) is 0 Å². The number of amidine groups is 1. The van der Waals surface area contributed by atoms with Gasteiger partial charge in [-0.1, -0.05) is 36.9 Å². The average Bonchev–Trinajstić information content (AvgIpc) is 3.03. The molecule has 2 aliphatic heterocycles. The highest BCUT2D eigenvalue weighted by atomic mass is 32.2. The fourth-order valence-electron chi connectivity index (χ4n) is 3.27. The minimum atomic E-state index is -3.12. The molecule has 2 saturated heterocycles. The number of nitrogens with zero attached hydrogens (tertiary/aromatic N) is 2. The molecule has 3 rings (SSSR count). The minimum absolute atomic E-state index is 0.0328. The zero-order valence-corrected chi connectivity index (χ0v) is 15.9. The summed E-state index contributed by atoms with van der Waals surface area (Å²) < 4.78 is 24.1. The number of para-hydroxylation sites is 1. The van der Waals surface area contributed by atoms with Crippen LogP contribution in [0.4, 0.5) is 5.69 Å². The minimum Gasteiger partial charge on any atom is -0.481 e. The molecule has 0 saturated carbocycles. The molecule has 1 aromatic rings. The Balaban J connectivity index is 1.96. The zero-order chi connectivity index (χ0) is 18.9. The van der Waals surface area contributed by atoms with Crippen molar-refractivity contribution in [2.24, 2.45) is 4.99 Å². The molecule has 1 amide bonds. The largest absolute Gasteiger partial charge is 0.481 e. The van der Waals surface area contributed by atoms with Gasteiger partial charge in [-0.15, -0.1) is 0 Å². The molecular formula is C17H20N2O5S2. The SMILES string of the molecule is CCc1ccccc1N1C(=NC(=O)CCC(=O)O)SC2CS(=O)(=O)CC21. The summed E-state index contributed by atoms with van der Waals surface area (Å²) in [6.45, 7) is 2.01. The number of anilines is 1. The highest BCUT2D eigenvalue weighted by Gasteiger charge is 2.49. The molecule has 0 spiro atoms. The number of aliphatic carboxylic acids is 1. The van der Waals surface area contributed by atoms with Gasteiger partial charge in [0.05, 0.1) is 24.0 Å². The van der Waals surface area contributed by atoms with E-state index in [9.17, 15) is 18.0 Å². The standard InChI is InChI=1S/C17H20N2O5S2/c1-2-11-5-3-4-6-12(11)19-13-9-26(23,24)10-14(13)25-17(19)18-15(20)7-8-16(21)22/h3-6,13-14H,2,7-10H2,1H3,(H,21,22). The van der Waals surface area contributed by atoms with E-state index in [-0.39, 0.29) is 35.6 Å². The van der Waals surface area contributed by atoms with E-state index in [1.165, 1.54) is 11.8 Å². The number of sulfone groups is 1. The lowest BCUT2D eigenvalue weighted by Crippen LogP contribution is -2.38. The van der Waals surface area contributed by atoms with E-state index in [0.717, 1.165) is 17.7 Å². The third-order valence-corrected chi connectivity index (χ3v) is 7.68. The molecule has 140 valence electrons. The predicted molar refractivity (Wildman–Crippen MR) is 101 cm³/mol. The number of fused-ring (bicyclic) bond motifs is 1. The topological polar surface area (TPSA) is 104 Å². The molecule has 7 nitrogen and oxygen atoms in total. The van der Waals surface area contributed by atoms with E-state index < -0.39 is 21.7 Å². The predicted octanol–water partition coefficient (Wildman–Crippen LogP) is 1.72. The third-order valence-electron chi connectivity index (χ3n) is 4.47. The first-order valence-corrected chi connectivity index (χ1v) is 11.1. The van der Waals surface area contributed by atoms with Crippen LogP contribution in [0.25, 0.3) is 0 Å². The summed E-state index contributed by atoms with van der Waals surface area (Å²) in [5, 5.41) is 9.02. The molecule has 2 atom stereocenters. The maximum Gasteiger partial charge on any atom is 0.303 e.